The lowest BCUT2D eigenvalue weighted by Crippen LogP contribution is -2.28. The van der Waals surface area contributed by atoms with E-state index in [1.807, 2.05) is 6.20 Å². The molecule has 0 unspecified atom stereocenters. The second-order valence-corrected chi connectivity index (χ2v) is 6.94. The number of benzene rings is 1. The summed E-state index contributed by atoms with van der Waals surface area (Å²) < 4.78 is 0. The molecule has 2 aromatic heterocycles. The molecule has 3 heterocycles. The van der Waals surface area contributed by atoms with E-state index in [0.717, 1.165) is 25.3 Å². The highest BCUT2D eigenvalue weighted by molar-refractivity contribution is 7.08. The molecule has 2 atom stereocenters. The minimum atomic E-state index is 0. The summed E-state index contributed by atoms with van der Waals surface area (Å²) in [6.45, 7) is 2.81. The summed E-state index contributed by atoms with van der Waals surface area (Å²) in [4.78, 5) is 2.43. The van der Waals surface area contributed by atoms with Crippen LogP contribution in [0, 0.1) is 0 Å². The molecule has 3 aromatic rings. The molecule has 0 aliphatic carbocycles. The van der Waals surface area contributed by atoms with E-state index in [2.05, 4.69) is 62.3 Å². The molecule has 1 saturated heterocycles. The number of hydrogen-bond donors (Lipinski definition) is 2. The normalized spacial score (nSPS) is 20.9. The van der Waals surface area contributed by atoms with Crippen LogP contribution in [0.1, 0.15) is 17.0 Å². The molecule has 24 heavy (non-hydrogen) atoms. The fourth-order valence-electron chi connectivity index (χ4n) is 3.42. The van der Waals surface area contributed by atoms with Gasteiger partial charge in [-0.15, -0.1) is 12.4 Å². The Labute approximate surface area is 152 Å². The molecule has 126 valence electrons. The predicted molar refractivity (Wildman–Crippen MR) is 102 cm³/mol. The van der Waals surface area contributed by atoms with Crippen molar-refractivity contribution in [1.29, 1.82) is 0 Å². The Morgan fingerprint density at radius 1 is 1.21 bits per heavy atom. The number of halogens is 1. The molecule has 1 aromatic carbocycles. The number of thiophene rings is 1. The summed E-state index contributed by atoms with van der Waals surface area (Å²) in [5.74, 6) is 0.410. The first kappa shape index (κ1) is 17.2. The maximum atomic E-state index is 6.40. The third-order valence-corrected chi connectivity index (χ3v) is 5.27. The highest BCUT2D eigenvalue weighted by Gasteiger charge is 2.31. The first-order valence-electron chi connectivity index (χ1n) is 7.89. The summed E-state index contributed by atoms with van der Waals surface area (Å²) in [5.41, 5.74) is 11.3. The molecular weight excluding hydrogens is 340 g/mol. The molecule has 0 saturated carbocycles. The van der Waals surface area contributed by atoms with Gasteiger partial charge in [0.2, 0.25) is 0 Å². The van der Waals surface area contributed by atoms with Crippen molar-refractivity contribution in [2.45, 2.75) is 18.5 Å². The van der Waals surface area contributed by atoms with Crippen LogP contribution in [0.4, 0.5) is 0 Å². The molecule has 0 spiro atoms. The van der Waals surface area contributed by atoms with Gasteiger partial charge in [0.05, 0.1) is 11.9 Å². The molecule has 3 N–H and O–H groups in total. The van der Waals surface area contributed by atoms with E-state index in [1.54, 1.807) is 11.3 Å². The zero-order chi connectivity index (χ0) is 15.6. The number of aromatic nitrogens is 2. The Bertz CT molecular complexity index is 756. The van der Waals surface area contributed by atoms with Crippen molar-refractivity contribution in [2.75, 3.05) is 13.1 Å². The van der Waals surface area contributed by atoms with Crippen LogP contribution in [0.5, 0.6) is 0 Å². The number of aromatic amines is 1. The van der Waals surface area contributed by atoms with Crippen molar-refractivity contribution in [3.8, 4) is 11.3 Å². The van der Waals surface area contributed by atoms with Crippen molar-refractivity contribution in [1.82, 2.24) is 15.1 Å². The predicted octanol–water partition coefficient (Wildman–Crippen LogP) is 3.49. The van der Waals surface area contributed by atoms with Gasteiger partial charge in [-0.2, -0.15) is 16.4 Å². The number of hydrogen-bond acceptors (Lipinski definition) is 4. The van der Waals surface area contributed by atoms with E-state index >= 15 is 0 Å². The Morgan fingerprint density at radius 3 is 2.79 bits per heavy atom. The lowest BCUT2D eigenvalue weighted by molar-refractivity contribution is 0.324. The molecule has 4 rings (SSSR count). The molecule has 0 radical (unpaired) electrons. The third kappa shape index (κ3) is 3.39. The van der Waals surface area contributed by atoms with Crippen LogP contribution in [0.25, 0.3) is 11.3 Å². The summed E-state index contributed by atoms with van der Waals surface area (Å²) in [7, 11) is 0. The van der Waals surface area contributed by atoms with E-state index in [1.165, 1.54) is 16.7 Å². The van der Waals surface area contributed by atoms with Gasteiger partial charge < -0.3 is 5.73 Å². The topological polar surface area (TPSA) is 57.9 Å². The number of nitrogens with one attached hydrogen (secondary N) is 1. The molecular formula is C18H21ClN4S. The average Bonchev–Trinajstić information content (AvgIpc) is 3.29. The van der Waals surface area contributed by atoms with Gasteiger partial charge in [-0.3, -0.25) is 10.00 Å². The summed E-state index contributed by atoms with van der Waals surface area (Å²) in [5, 5.41) is 11.6. The van der Waals surface area contributed by atoms with E-state index in [-0.39, 0.29) is 18.4 Å². The van der Waals surface area contributed by atoms with Crippen LogP contribution in [-0.4, -0.2) is 34.2 Å². The van der Waals surface area contributed by atoms with Gasteiger partial charge >= 0.3 is 0 Å². The zero-order valence-corrected chi connectivity index (χ0v) is 14.9. The van der Waals surface area contributed by atoms with Gasteiger partial charge in [-0.1, -0.05) is 30.3 Å². The quantitative estimate of drug-likeness (QED) is 0.748. The highest BCUT2D eigenvalue weighted by atomic mass is 35.5. The SMILES string of the molecule is Cl.N[C@@H]1CN(Cc2cn[nH]c2-c2ccsc2)C[C@H]1c1ccccc1. The summed E-state index contributed by atoms with van der Waals surface area (Å²) in [6, 6.07) is 12.9. The van der Waals surface area contributed by atoms with Crippen LogP contribution in [-0.2, 0) is 6.54 Å². The Hall–Kier alpha value is -1.66. The maximum absolute atomic E-state index is 6.40. The van der Waals surface area contributed by atoms with Crippen molar-refractivity contribution < 1.29 is 0 Å². The average molecular weight is 361 g/mol. The monoisotopic (exact) mass is 360 g/mol. The molecule has 4 nitrogen and oxygen atoms in total. The molecule has 0 bridgehead atoms. The van der Waals surface area contributed by atoms with Crippen molar-refractivity contribution in [3.63, 3.8) is 0 Å². The van der Waals surface area contributed by atoms with Gasteiger partial charge in [0, 0.05) is 48.1 Å². The Kier molecular flexibility index (Phi) is 5.36. The zero-order valence-electron chi connectivity index (χ0n) is 13.3. The van der Waals surface area contributed by atoms with E-state index in [9.17, 15) is 0 Å². The first-order valence-corrected chi connectivity index (χ1v) is 8.83. The van der Waals surface area contributed by atoms with Crippen LogP contribution in [0.2, 0.25) is 0 Å². The highest BCUT2D eigenvalue weighted by Crippen LogP contribution is 2.29. The molecule has 0 amide bonds. The number of rotatable bonds is 4. The van der Waals surface area contributed by atoms with Gasteiger partial charge in [0.1, 0.15) is 0 Å². The minimum absolute atomic E-state index is 0. The van der Waals surface area contributed by atoms with Gasteiger partial charge in [-0.25, -0.2) is 0 Å². The third-order valence-electron chi connectivity index (χ3n) is 4.59. The van der Waals surface area contributed by atoms with Crippen molar-refractivity contribution in [3.05, 3.63) is 64.5 Å². The van der Waals surface area contributed by atoms with Crippen LogP contribution in [0.3, 0.4) is 0 Å². The van der Waals surface area contributed by atoms with Crippen LogP contribution < -0.4 is 5.73 Å². The number of nitrogens with zero attached hydrogens (tertiary/aromatic N) is 2. The summed E-state index contributed by atoms with van der Waals surface area (Å²) >= 11 is 1.71. The largest absolute Gasteiger partial charge is 0.326 e. The van der Waals surface area contributed by atoms with E-state index < -0.39 is 0 Å². The fourth-order valence-corrected chi connectivity index (χ4v) is 4.07. The molecule has 6 heteroatoms. The second kappa shape index (κ2) is 7.49. The van der Waals surface area contributed by atoms with Gasteiger partial charge in [0.25, 0.3) is 0 Å². The van der Waals surface area contributed by atoms with Gasteiger partial charge in [0.15, 0.2) is 0 Å². The van der Waals surface area contributed by atoms with Crippen molar-refractivity contribution >= 4 is 23.7 Å². The van der Waals surface area contributed by atoms with Crippen LogP contribution in [0.15, 0.2) is 53.4 Å². The first-order chi connectivity index (χ1) is 11.3. The lowest BCUT2D eigenvalue weighted by atomic mass is 9.95. The summed E-state index contributed by atoms with van der Waals surface area (Å²) in [6.07, 6.45) is 1.94. The number of nitrogens with two attached hydrogens (primary N) is 1. The van der Waals surface area contributed by atoms with E-state index in [0.29, 0.717) is 5.92 Å². The van der Waals surface area contributed by atoms with Crippen molar-refractivity contribution in [2.24, 2.45) is 5.73 Å². The number of H-pyrrole nitrogens is 1. The standard InChI is InChI=1S/C18H20N4S.ClH/c19-17-11-22(10-16(17)13-4-2-1-3-5-13)9-15-8-20-21-18(15)14-6-7-23-12-14;/h1-8,12,16-17H,9-11,19H2,(H,20,21);1H/t16-,17+;/m0./s1. The Morgan fingerprint density at radius 2 is 2.04 bits per heavy atom. The van der Waals surface area contributed by atoms with Gasteiger partial charge in [-0.05, 0) is 17.0 Å². The number of likely N-dealkylation sites (tertiary alicyclic amines) is 1. The second-order valence-electron chi connectivity index (χ2n) is 6.16. The molecule has 1 aliphatic rings. The Balaban J connectivity index is 0.00000169. The smallest absolute Gasteiger partial charge is 0.0703 e. The molecule has 1 fully saturated rings. The lowest BCUT2D eigenvalue weighted by Gasteiger charge is -2.16. The van der Waals surface area contributed by atoms with Crippen LogP contribution >= 0.6 is 23.7 Å². The molecule has 1 aliphatic heterocycles. The fraction of sp³-hybridized carbons (Fsp3) is 0.278. The minimum Gasteiger partial charge on any atom is -0.326 e. The maximum Gasteiger partial charge on any atom is 0.0703 e. The van der Waals surface area contributed by atoms with E-state index in [4.69, 9.17) is 5.73 Å².